The largest absolute Gasteiger partial charge is 0.497 e. The first-order valence-corrected chi connectivity index (χ1v) is 8.96. The molecule has 6 heteroatoms. The summed E-state index contributed by atoms with van der Waals surface area (Å²) in [5, 5.41) is 6.10. The van der Waals surface area contributed by atoms with Crippen molar-refractivity contribution in [2.24, 2.45) is 0 Å². The Kier molecular flexibility index (Phi) is 5.36. The molecule has 0 unspecified atom stereocenters. The van der Waals surface area contributed by atoms with Gasteiger partial charge in [0.1, 0.15) is 11.4 Å². The van der Waals surface area contributed by atoms with Crippen LogP contribution >= 0.6 is 22.9 Å². The van der Waals surface area contributed by atoms with Gasteiger partial charge in [0.15, 0.2) is 0 Å². The van der Waals surface area contributed by atoms with Gasteiger partial charge < -0.3 is 10.1 Å². The Bertz CT molecular complexity index is 891. The van der Waals surface area contributed by atoms with E-state index in [1.807, 2.05) is 43.3 Å². The minimum Gasteiger partial charge on any atom is -0.497 e. The quantitative estimate of drug-likeness (QED) is 0.688. The lowest BCUT2D eigenvalue weighted by molar-refractivity contribution is 0.102. The van der Waals surface area contributed by atoms with E-state index in [-0.39, 0.29) is 5.91 Å². The monoisotopic (exact) mass is 372 g/mol. The zero-order valence-corrected chi connectivity index (χ0v) is 15.4. The van der Waals surface area contributed by atoms with E-state index in [2.05, 4.69) is 10.3 Å². The highest BCUT2D eigenvalue weighted by molar-refractivity contribution is 7.09. The van der Waals surface area contributed by atoms with E-state index in [9.17, 15) is 4.79 Å². The zero-order valence-electron chi connectivity index (χ0n) is 13.9. The van der Waals surface area contributed by atoms with Gasteiger partial charge in [0.2, 0.25) is 0 Å². The highest BCUT2D eigenvalue weighted by atomic mass is 35.5. The molecule has 4 nitrogen and oxygen atoms in total. The highest BCUT2D eigenvalue weighted by Crippen LogP contribution is 2.21. The smallest absolute Gasteiger partial charge is 0.275 e. The molecule has 0 aliphatic heterocycles. The van der Waals surface area contributed by atoms with Crippen molar-refractivity contribution in [2.75, 3.05) is 12.4 Å². The lowest BCUT2D eigenvalue weighted by atomic mass is 10.1. The highest BCUT2D eigenvalue weighted by Gasteiger charge is 2.12. The predicted octanol–water partition coefficient (Wildman–Crippen LogP) is 4.96. The SMILES string of the molecule is COc1ccc(Cc2nc(C(=O)Nc3ccc(C)c(Cl)c3)cs2)cc1. The number of ether oxygens (including phenoxy) is 1. The van der Waals surface area contributed by atoms with Crippen LogP contribution in [0.25, 0.3) is 0 Å². The molecule has 1 heterocycles. The van der Waals surface area contributed by atoms with Gasteiger partial charge in [-0.15, -0.1) is 11.3 Å². The second-order valence-corrected chi connectivity index (χ2v) is 6.92. The first kappa shape index (κ1) is 17.5. The average Bonchev–Trinajstić information content (AvgIpc) is 3.07. The molecule has 0 aliphatic rings. The Balaban J connectivity index is 1.67. The van der Waals surface area contributed by atoms with Crippen LogP contribution in [0.4, 0.5) is 5.69 Å². The summed E-state index contributed by atoms with van der Waals surface area (Å²) in [6.07, 6.45) is 0.679. The zero-order chi connectivity index (χ0) is 17.8. The van der Waals surface area contributed by atoms with E-state index in [1.165, 1.54) is 11.3 Å². The number of nitrogens with zero attached hydrogens (tertiary/aromatic N) is 1. The molecule has 128 valence electrons. The summed E-state index contributed by atoms with van der Waals surface area (Å²) in [5.74, 6) is 0.580. The normalized spacial score (nSPS) is 10.5. The van der Waals surface area contributed by atoms with E-state index < -0.39 is 0 Å². The van der Waals surface area contributed by atoms with Crippen LogP contribution in [0.2, 0.25) is 5.02 Å². The summed E-state index contributed by atoms with van der Waals surface area (Å²) in [6.45, 7) is 1.92. The van der Waals surface area contributed by atoms with Gasteiger partial charge in [-0.25, -0.2) is 4.98 Å². The number of carbonyl (C=O) groups excluding carboxylic acids is 1. The number of thiazole rings is 1. The van der Waals surface area contributed by atoms with Crippen molar-refractivity contribution in [3.05, 3.63) is 74.7 Å². The van der Waals surface area contributed by atoms with E-state index in [0.717, 1.165) is 21.9 Å². The number of hydrogen-bond donors (Lipinski definition) is 1. The van der Waals surface area contributed by atoms with Gasteiger partial charge in [0, 0.05) is 22.5 Å². The van der Waals surface area contributed by atoms with Crippen molar-refractivity contribution in [1.82, 2.24) is 4.98 Å². The Hall–Kier alpha value is -2.37. The summed E-state index contributed by atoms with van der Waals surface area (Å²) >= 11 is 7.56. The van der Waals surface area contributed by atoms with Gasteiger partial charge >= 0.3 is 0 Å². The van der Waals surface area contributed by atoms with Crippen molar-refractivity contribution in [3.8, 4) is 5.75 Å². The fourth-order valence-electron chi connectivity index (χ4n) is 2.28. The fraction of sp³-hybridized carbons (Fsp3) is 0.158. The summed E-state index contributed by atoms with van der Waals surface area (Å²) in [7, 11) is 1.64. The Morgan fingerprint density at radius 3 is 2.68 bits per heavy atom. The first-order chi connectivity index (χ1) is 12.0. The molecule has 0 atom stereocenters. The number of carbonyl (C=O) groups is 1. The standard InChI is InChI=1S/C19H17ClN2O2S/c1-12-3-6-14(10-16(12)20)21-19(23)17-11-25-18(22-17)9-13-4-7-15(24-2)8-5-13/h3-8,10-11H,9H2,1-2H3,(H,21,23). The number of rotatable bonds is 5. The number of hydrogen-bond acceptors (Lipinski definition) is 4. The molecule has 1 aromatic heterocycles. The topological polar surface area (TPSA) is 51.2 Å². The van der Waals surface area contributed by atoms with Crippen LogP contribution in [-0.4, -0.2) is 18.0 Å². The van der Waals surface area contributed by atoms with Gasteiger partial charge in [-0.2, -0.15) is 0 Å². The van der Waals surface area contributed by atoms with Crippen molar-refractivity contribution < 1.29 is 9.53 Å². The number of nitrogens with one attached hydrogen (secondary N) is 1. The van der Waals surface area contributed by atoms with Gasteiger partial charge in [0.05, 0.1) is 12.1 Å². The summed E-state index contributed by atoms with van der Waals surface area (Å²) < 4.78 is 5.15. The maximum Gasteiger partial charge on any atom is 0.275 e. The van der Waals surface area contributed by atoms with Crippen LogP contribution in [0.5, 0.6) is 5.75 Å². The molecule has 0 fully saturated rings. The molecule has 0 spiro atoms. The number of anilines is 1. The van der Waals surface area contributed by atoms with E-state index in [4.69, 9.17) is 16.3 Å². The maximum atomic E-state index is 12.3. The molecule has 1 N–H and O–H groups in total. The first-order valence-electron chi connectivity index (χ1n) is 7.70. The number of aromatic nitrogens is 1. The van der Waals surface area contributed by atoms with Crippen molar-refractivity contribution in [2.45, 2.75) is 13.3 Å². The van der Waals surface area contributed by atoms with Crippen molar-refractivity contribution >= 4 is 34.5 Å². The van der Waals surface area contributed by atoms with Crippen LogP contribution in [0, 0.1) is 6.92 Å². The van der Waals surface area contributed by atoms with Gasteiger partial charge in [-0.05, 0) is 42.3 Å². The molecular formula is C19H17ClN2O2S. The fourth-order valence-corrected chi connectivity index (χ4v) is 3.27. The van der Waals surface area contributed by atoms with Crippen LogP contribution in [-0.2, 0) is 6.42 Å². The second kappa shape index (κ2) is 7.68. The summed E-state index contributed by atoms with van der Waals surface area (Å²) in [5.41, 5.74) is 3.15. The van der Waals surface area contributed by atoms with Crippen LogP contribution < -0.4 is 10.1 Å². The number of methoxy groups -OCH3 is 1. The minimum absolute atomic E-state index is 0.239. The van der Waals surface area contributed by atoms with Crippen molar-refractivity contribution in [3.63, 3.8) is 0 Å². The Labute approximate surface area is 155 Å². The lowest BCUT2D eigenvalue weighted by Crippen LogP contribution is -2.12. The molecule has 3 rings (SSSR count). The molecule has 0 saturated carbocycles. The average molecular weight is 373 g/mol. The summed E-state index contributed by atoms with van der Waals surface area (Å²) in [6, 6.07) is 13.2. The molecule has 0 radical (unpaired) electrons. The third-order valence-electron chi connectivity index (χ3n) is 3.73. The predicted molar refractivity (Wildman–Crippen MR) is 102 cm³/mol. The number of benzene rings is 2. The van der Waals surface area contributed by atoms with Crippen LogP contribution in [0.1, 0.15) is 26.6 Å². The molecule has 0 saturated heterocycles. The minimum atomic E-state index is -0.239. The van der Waals surface area contributed by atoms with Gasteiger partial charge in [0.25, 0.3) is 5.91 Å². The molecule has 1 amide bonds. The van der Waals surface area contributed by atoms with E-state index in [1.54, 1.807) is 18.6 Å². The maximum absolute atomic E-state index is 12.3. The molecule has 2 aromatic carbocycles. The molecular weight excluding hydrogens is 356 g/mol. The molecule has 25 heavy (non-hydrogen) atoms. The number of halogens is 1. The lowest BCUT2D eigenvalue weighted by Gasteiger charge is -2.05. The Morgan fingerprint density at radius 1 is 1.24 bits per heavy atom. The third-order valence-corrected chi connectivity index (χ3v) is 4.98. The van der Waals surface area contributed by atoms with Crippen LogP contribution in [0.15, 0.2) is 47.8 Å². The van der Waals surface area contributed by atoms with Gasteiger partial charge in [-0.1, -0.05) is 29.8 Å². The third kappa shape index (κ3) is 4.38. The molecule has 3 aromatic rings. The summed E-state index contributed by atoms with van der Waals surface area (Å²) in [4.78, 5) is 16.8. The van der Waals surface area contributed by atoms with E-state index in [0.29, 0.717) is 22.8 Å². The van der Waals surface area contributed by atoms with Crippen molar-refractivity contribution in [1.29, 1.82) is 0 Å². The Morgan fingerprint density at radius 2 is 2.00 bits per heavy atom. The number of aryl methyl sites for hydroxylation is 1. The molecule has 0 aliphatic carbocycles. The second-order valence-electron chi connectivity index (χ2n) is 5.57. The van der Waals surface area contributed by atoms with Crippen LogP contribution in [0.3, 0.4) is 0 Å². The number of amides is 1. The molecule has 0 bridgehead atoms. The van der Waals surface area contributed by atoms with Gasteiger partial charge in [-0.3, -0.25) is 4.79 Å². The van der Waals surface area contributed by atoms with E-state index >= 15 is 0 Å².